The van der Waals surface area contributed by atoms with Crippen molar-refractivity contribution in [2.24, 2.45) is 4.99 Å². The van der Waals surface area contributed by atoms with Gasteiger partial charge in [0.05, 0.1) is 12.8 Å². The molecule has 1 aromatic rings. The third-order valence-corrected chi connectivity index (χ3v) is 3.69. The standard InChI is InChI=1S/C14H23ClN4O3S/c1-11(22-13-6-4-12(15)5-7-13)10-18-14(16-2)17-8-9-19-23(3,20)21/h4-7,11,19H,8-10H2,1-3H3,(H2,16,17,18). The van der Waals surface area contributed by atoms with Crippen LogP contribution in [-0.2, 0) is 10.0 Å². The van der Waals surface area contributed by atoms with Crippen LogP contribution in [0.5, 0.6) is 5.75 Å². The number of halogens is 1. The van der Waals surface area contributed by atoms with Gasteiger partial charge in [0.2, 0.25) is 10.0 Å². The molecule has 0 fully saturated rings. The maximum absolute atomic E-state index is 10.9. The Morgan fingerprint density at radius 3 is 2.48 bits per heavy atom. The quantitative estimate of drug-likeness (QED) is 0.362. The van der Waals surface area contributed by atoms with Crippen LogP contribution in [-0.4, -0.2) is 53.4 Å². The van der Waals surface area contributed by atoms with Crippen LogP contribution in [0.1, 0.15) is 6.92 Å². The molecule has 7 nitrogen and oxygen atoms in total. The summed E-state index contributed by atoms with van der Waals surface area (Å²) in [5.41, 5.74) is 0. The Morgan fingerprint density at radius 2 is 1.91 bits per heavy atom. The summed E-state index contributed by atoms with van der Waals surface area (Å²) in [6.07, 6.45) is 1.04. The van der Waals surface area contributed by atoms with Crippen molar-refractivity contribution < 1.29 is 13.2 Å². The van der Waals surface area contributed by atoms with E-state index in [4.69, 9.17) is 16.3 Å². The van der Waals surface area contributed by atoms with E-state index in [1.165, 1.54) is 0 Å². The fourth-order valence-corrected chi connectivity index (χ4v) is 2.26. The highest BCUT2D eigenvalue weighted by Crippen LogP contribution is 2.16. The van der Waals surface area contributed by atoms with E-state index in [-0.39, 0.29) is 12.6 Å². The van der Waals surface area contributed by atoms with Crippen LogP contribution in [0.15, 0.2) is 29.3 Å². The van der Waals surface area contributed by atoms with E-state index in [1.807, 2.05) is 19.1 Å². The van der Waals surface area contributed by atoms with Crippen molar-refractivity contribution in [3.63, 3.8) is 0 Å². The van der Waals surface area contributed by atoms with Crippen LogP contribution in [0.3, 0.4) is 0 Å². The second kappa shape index (κ2) is 9.59. The fraction of sp³-hybridized carbons (Fsp3) is 0.500. The van der Waals surface area contributed by atoms with Gasteiger partial charge in [0.15, 0.2) is 5.96 Å². The molecule has 0 amide bonds. The van der Waals surface area contributed by atoms with Gasteiger partial charge in [0, 0.05) is 25.2 Å². The van der Waals surface area contributed by atoms with Crippen LogP contribution in [0.2, 0.25) is 5.02 Å². The number of hydrogen-bond donors (Lipinski definition) is 3. The van der Waals surface area contributed by atoms with Crippen LogP contribution >= 0.6 is 11.6 Å². The number of ether oxygens (including phenoxy) is 1. The van der Waals surface area contributed by atoms with Crippen molar-refractivity contribution in [1.82, 2.24) is 15.4 Å². The zero-order chi connectivity index (χ0) is 17.3. The first-order valence-corrected chi connectivity index (χ1v) is 9.38. The molecule has 0 aromatic heterocycles. The minimum atomic E-state index is -3.17. The number of rotatable bonds is 8. The molecule has 1 unspecified atom stereocenters. The maximum Gasteiger partial charge on any atom is 0.208 e. The van der Waals surface area contributed by atoms with Gasteiger partial charge in [-0.05, 0) is 31.2 Å². The molecule has 0 aliphatic carbocycles. The molecule has 130 valence electrons. The first kappa shape index (κ1) is 19.5. The molecular weight excluding hydrogens is 340 g/mol. The minimum absolute atomic E-state index is 0.0797. The highest BCUT2D eigenvalue weighted by Gasteiger charge is 2.06. The lowest BCUT2D eigenvalue weighted by molar-refractivity contribution is 0.224. The van der Waals surface area contributed by atoms with Gasteiger partial charge in [-0.3, -0.25) is 4.99 Å². The van der Waals surface area contributed by atoms with Gasteiger partial charge in [0.25, 0.3) is 0 Å². The molecule has 0 spiro atoms. The number of benzene rings is 1. The van der Waals surface area contributed by atoms with E-state index in [1.54, 1.807) is 19.2 Å². The average Bonchev–Trinajstić information content (AvgIpc) is 2.48. The highest BCUT2D eigenvalue weighted by atomic mass is 35.5. The summed E-state index contributed by atoms with van der Waals surface area (Å²) < 4.78 is 30.0. The number of nitrogens with zero attached hydrogens (tertiary/aromatic N) is 1. The molecular formula is C14H23ClN4O3S. The molecule has 0 aliphatic rings. The molecule has 1 aromatic carbocycles. The monoisotopic (exact) mass is 362 g/mol. The Labute approximate surface area is 142 Å². The van der Waals surface area contributed by atoms with Gasteiger partial charge >= 0.3 is 0 Å². The molecule has 0 saturated heterocycles. The molecule has 0 saturated carbocycles. The Bertz CT molecular complexity index is 605. The third-order valence-electron chi connectivity index (χ3n) is 2.71. The lowest BCUT2D eigenvalue weighted by Gasteiger charge is -2.17. The topological polar surface area (TPSA) is 91.8 Å². The molecule has 0 aliphatic heterocycles. The number of nitrogens with one attached hydrogen (secondary N) is 3. The Hall–Kier alpha value is -1.51. The van der Waals surface area contributed by atoms with Crippen molar-refractivity contribution >= 4 is 27.6 Å². The Kier molecular flexibility index (Phi) is 8.15. The van der Waals surface area contributed by atoms with Crippen LogP contribution in [0, 0.1) is 0 Å². The summed E-state index contributed by atoms with van der Waals surface area (Å²) in [7, 11) is -1.53. The van der Waals surface area contributed by atoms with Gasteiger partial charge in [-0.25, -0.2) is 13.1 Å². The second-order valence-corrected chi connectivity index (χ2v) is 7.20. The molecule has 3 N–H and O–H groups in total. The van der Waals surface area contributed by atoms with Crippen molar-refractivity contribution in [2.75, 3.05) is 32.9 Å². The van der Waals surface area contributed by atoms with Crippen molar-refractivity contribution in [3.8, 4) is 5.75 Å². The molecule has 1 atom stereocenters. The molecule has 1 rings (SSSR count). The van der Waals surface area contributed by atoms with Crippen molar-refractivity contribution in [2.45, 2.75) is 13.0 Å². The van der Waals surface area contributed by atoms with E-state index in [9.17, 15) is 8.42 Å². The maximum atomic E-state index is 10.9. The van der Waals surface area contributed by atoms with E-state index in [0.29, 0.717) is 24.1 Å². The van der Waals surface area contributed by atoms with E-state index < -0.39 is 10.0 Å². The van der Waals surface area contributed by atoms with Crippen LogP contribution in [0.25, 0.3) is 0 Å². The average molecular weight is 363 g/mol. The van der Waals surface area contributed by atoms with Crippen molar-refractivity contribution in [3.05, 3.63) is 29.3 Å². The largest absolute Gasteiger partial charge is 0.489 e. The highest BCUT2D eigenvalue weighted by molar-refractivity contribution is 7.88. The number of hydrogen-bond acceptors (Lipinski definition) is 4. The summed E-state index contributed by atoms with van der Waals surface area (Å²) in [6, 6.07) is 7.16. The number of sulfonamides is 1. The summed E-state index contributed by atoms with van der Waals surface area (Å²) in [5, 5.41) is 6.78. The molecule has 0 radical (unpaired) electrons. The van der Waals surface area contributed by atoms with Crippen LogP contribution in [0.4, 0.5) is 0 Å². The molecule has 0 bridgehead atoms. The SMILES string of the molecule is CN=C(NCCNS(C)(=O)=O)NCC(C)Oc1ccc(Cl)cc1. The predicted octanol–water partition coefficient (Wildman–Crippen LogP) is 0.822. The predicted molar refractivity (Wildman–Crippen MR) is 93.8 cm³/mol. The number of aliphatic imine (C=N–C) groups is 1. The molecule has 23 heavy (non-hydrogen) atoms. The first-order chi connectivity index (χ1) is 10.8. The van der Waals surface area contributed by atoms with Gasteiger partial charge in [-0.1, -0.05) is 11.6 Å². The number of guanidine groups is 1. The van der Waals surface area contributed by atoms with Gasteiger partial charge in [-0.2, -0.15) is 0 Å². The lowest BCUT2D eigenvalue weighted by Crippen LogP contribution is -2.44. The summed E-state index contributed by atoms with van der Waals surface area (Å²) in [5.74, 6) is 1.32. The van der Waals surface area contributed by atoms with E-state index >= 15 is 0 Å². The summed E-state index contributed by atoms with van der Waals surface area (Å²) in [4.78, 5) is 4.06. The third kappa shape index (κ3) is 9.27. The summed E-state index contributed by atoms with van der Waals surface area (Å²) in [6.45, 7) is 3.19. The van der Waals surface area contributed by atoms with Gasteiger partial charge in [0.1, 0.15) is 11.9 Å². The second-order valence-electron chi connectivity index (χ2n) is 4.93. The molecule has 0 heterocycles. The van der Waals surface area contributed by atoms with Gasteiger partial charge in [-0.15, -0.1) is 0 Å². The van der Waals surface area contributed by atoms with Crippen LogP contribution < -0.4 is 20.1 Å². The first-order valence-electron chi connectivity index (χ1n) is 7.11. The Morgan fingerprint density at radius 1 is 1.26 bits per heavy atom. The zero-order valence-electron chi connectivity index (χ0n) is 13.5. The molecule has 9 heteroatoms. The fourth-order valence-electron chi connectivity index (χ4n) is 1.67. The smallest absolute Gasteiger partial charge is 0.208 e. The van der Waals surface area contributed by atoms with Crippen molar-refractivity contribution in [1.29, 1.82) is 0 Å². The van der Waals surface area contributed by atoms with Gasteiger partial charge < -0.3 is 15.4 Å². The minimum Gasteiger partial charge on any atom is -0.489 e. The summed E-state index contributed by atoms with van der Waals surface area (Å²) >= 11 is 5.82. The van der Waals surface area contributed by atoms with E-state index in [2.05, 4.69) is 20.3 Å². The Balaban J connectivity index is 2.29. The zero-order valence-corrected chi connectivity index (χ0v) is 15.0. The van der Waals surface area contributed by atoms with E-state index in [0.717, 1.165) is 12.0 Å². The normalized spacial score (nSPS) is 13.5. The lowest BCUT2D eigenvalue weighted by atomic mass is 10.3.